The summed E-state index contributed by atoms with van der Waals surface area (Å²) >= 11 is 0. The highest BCUT2D eigenvalue weighted by Gasteiger charge is 2.16. The van der Waals surface area contributed by atoms with Gasteiger partial charge >= 0.3 is 0 Å². The lowest BCUT2D eigenvalue weighted by Gasteiger charge is -2.10. The van der Waals surface area contributed by atoms with Gasteiger partial charge in [-0.15, -0.1) is 0 Å². The van der Waals surface area contributed by atoms with Crippen molar-refractivity contribution in [1.29, 1.82) is 0 Å². The molecule has 0 spiro atoms. The van der Waals surface area contributed by atoms with Crippen molar-refractivity contribution in [2.45, 2.75) is 12.3 Å². The van der Waals surface area contributed by atoms with Crippen LogP contribution in [0.5, 0.6) is 0 Å². The predicted molar refractivity (Wildman–Crippen MR) is 72.1 cm³/mol. The second-order valence-corrected chi connectivity index (χ2v) is 4.82. The third kappa shape index (κ3) is 2.29. The van der Waals surface area contributed by atoms with Crippen molar-refractivity contribution in [3.63, 3.8) is 0 Å². The first-order chi connectivity index (χ1) is 8.83. The second kappa shape index (κ2) is 4.91. The van der Waals surface area contributed by atoms with Gasteiger partial charge in [-0.3, -0.25) is 0 Å². The van der Waals surface area contributed by atoms with Gasteiger partial charge in [0.1, 0.15) is 5.82 Å². The Balaban J connectivity index is 1.92. The van der Waals surface area contributed by atoms with Crippen LogP contribution in [-0.2, 0) is 0 Å². The fourth-order valence-electron chi connectivity index (χ4n) is 2.55. The topological polar surface area (TPSA) is 12.0 Å². The quantitative estimate of drug-likeness (QED) is 0.847. The lowest BCUT2D eigenvalue weighted by Crippen LogP contribution is -2.07. The van der Waals surface area contributed by atoms with Crippen LogP contribution in [0.2, 0.25) is 0 Å². The largest absolute Gasteiger partial charge is 0.316 e. The summed E-state index contributed by atoms with van der Waals surface area (Å²) in [6.45, 7) is 2.16. The summed E-state index contributed by atoms with van der Waals surface area (Å²) in [6.07, 6.45) is 1.20. The molecule has 2 aromatic carbocycles. The average Bonchev–Trinajstić information content (AvgIpc) is 2.94. The highest BCUT2D eigenvalue weighted by atomic mass is 19.1. The first-order valence-electron chi connectivity index (χ1n) is 6.39. The van der Waals surface area contributed by atoms with Gasteiger partial charge in [-0.1, -0.05) is 36.4 Å². The van der Waals surface area contributed by atoms with Gasteiger partial charge < -0.3 is 5.32 Å². The summed E-state index contributed by atoms with van der Waals surface area (Å²) < 4.78 is 12.9. The zero-order chi connectivity index (χ0) is 12.4. The lowest BCUT2D eigenvalue weighted by atomic mass is 9.94. The summed E-state index contributed by atoms with van der Waals surface area (Å²) in [5, 5.41) is 3.39. The molecule has 1 unspecified atom stereocenters. The van der Waals surface area contributed by atoms with Crippen LogP contribution >= 0.6 is 0 Å². The van der Waals surface area contributed by atoms with E-state index in [1.807, 2.05) is 12.1 Å². The molecule has 0 amide bonds. The van der Waals surface area contributed by atoms with Crippen LogP contribution in [0.3, 0.4) is 0 Å². The monoisotopic (exact) mass is 241 g/mol. The minimum atomic E-state index is -0.185. The highest BCUT2D eigenvalue weighted by molar-refractivity contribution is 5.64. The molecule has 0 aliphatic carbocycles. The van der Waals surface area contributed by atoms with Gasteiger partial charge in [0, 0.05) is 6.54 Å². The molecule has 0 saturated carbocycles. The Morgan fingerprint density at radius 1 is 1.00 bits per heavy atom. The van der Waals surface area contributed by atoms with Gasteiger partial charge in [-0.25, -0.2) is 4.39 Å². The van der Waals surface area contributed by atoms with E-state index in [4.69, 9.17) is 0 Å². The molecule has 1 nitrogen and oxygen atoms in total. The number of hydrogen-bond donors (Lipinski definition) is 1. The van der Waals surface area contributed by atoms with Crippen LogP contribution in [0.1, 0.15) is 17.9 Å². The molecule has 2 aromatic rings. The van der Waals surface area contributed by atoms with Gasteiger partial charge in [0.25, 0.3) is 0 Å². The van der Waals surface area contributed by atoms with E-state index in [0.717, 1.165) is 18.7 Å². The SMILES string of the molecule is Fc1ccc(-c2cccc(C3CCNC3)c2)cc1. The minimum absolute atomic E-state index is 0.185. The summed E-state index contributed by atoms with van der Waals surface area (Å²) in [5.74, 6) is 0.431. The van der Waals surface area contributed by atoms with Gasteiger partial charge in [0.2, 0.25) is 0 Å². The van der Waals surface area contributed by atoms with Crippen LogP contribution in [0.15, 0.2) is 48.5 Å². The van der Waals surface area contributed by atoms with E-state index in [0.29, 0.717) is 5.92 Å². The van der Waals surface area contributed by atoms with E-state index in [-0.39, 0.29) is 5.82 Å². The van der Waals surface area contributed by atoms with Gasteiger partial charge in [-0.2, -0.15) is 0 Å². The number of rotatable bonds is 2. The van der Waals surface area contributed by atoms with Crippen molar-refractivity contribution in [3.8, 4) is 11.1 Å². The highest BCUT2D eigenvalue weighted by Crippen LogP contribution is 2.27. The Bertz CT molecular complexity index is 527. The van der Waals surface area contributed by atoms with Crippen molar-refractivity contribution in [2.75, 3.05) is 13.1 Å². The van der Waals surface area contributed by atoms with Crippen LogP contribution in [-0.4, -0.2) is 13.1 Å². The van der Waals surface area contributed by atoms with E-state index in [1.165, 1.54) is 29.7 Å². The van der Waals surface area contributed by atoms with Crippen molar-refractivity contribution < 1.29 is 4.39 Å². The minimum Gasteiger partial charge on any atom is -0.316 e. The predicted octanol–water partition coefficient (Wildman–Crippen LogP) is 3.57. The zero-order valence-corrected chi connectivity index (χ0v) is 10.2. The zero-order valence-electron chi connectivity index (χ0n) is 10.2. The molecule has 1 aliphatic heterocycles. The first kappa shape index (κ1) is 11.4. The third-order valence-corrected chi connectivity index (χ3v) is 3.60. The summed E-state index contributed by atoms with van der Waals surface area (Å²) in [5.41, 5.74) is 3.62. The molecule has 0 radical (unpaired) electrons. The van der Waals surface area contributed by atoms with E-state index >= 15 is 0 Å². The van der Waals surface area contributed by atoms with Crippen molar-refractivity contribution in [3.05, 3.63) is 59.9 Å². The number of halogens is 1. The molecule has 1 saturated heterocycles. The Labute approximate surface area is 107 Å². The smallest absolute Gasteiger partial charge is 0.123 e. The Morgan fingerprint density at radius 2 is 1.83 bits per heavy atom. The van der Waals surface area contributed by atoms with E-state index in [9.17, 15) is 4.39 Å². The number of nitrogens with one attached hydrogen (secondary N) is 1. The van der Waals surface area contributed by atoms with Crippen LogP contribution in [0.4, 0.5) is 4.39 Å². The van der Waals surface area contributed by atoms with Crippen molar-refractivity contribution >= 4 is 0 Å². The van der Waals surface area contributed by atoms with Gasteiger partial charge in [0.15, 0.2) is 0 Å². The summed E-state index contributed by atoms with van der Waals surface area (Å²) in [6, 6.07) is 15.3. The maximum absolute atomic E-state index is 12.9. The van der Waals surface area contributed by atoms with Crippen LogP contribution in [0, 0.1) is 5.82 Å². The molecule has 2 heteroatoms. The number of benzene rings is 2. The normalized spacial score (nSPS) is 19.1. The molecule has 92 valence electrons. The molecule has 1 N–H and O–H groups in total. The van der Waals surface area contributed by atoms with Crippen molar-refractivity contribution in [2.24, 2.45) is 0 Å². The maximum atomic E-state index is 12.9. The lowest BCUT2D eigenvalue weighted by molar-refractivity contribution is 0.628. The van der Waals surface area contributed by atoms with E-state index in [2.05, 4.69) is 29.6 Å². The molecular weight excluding hydrogens is 225 g/mol. The molecule has 1 heterocycles. The summed E-state index contributed by atoms with van der Waals surface area (Å²) in [7, 11) is 0. The third-order valence-electron chi connectivity index (χ3n) is 3.60. The number of hydrogen-bond acceptors (Lipinski definition) is 1. The summed E-state index contributed by atoms with van der Waals surface area (Å²) in [4.78, 5) is 0. The standard InChI is InChI=1S/C16H16FN/c17-16-6-4-12(5-7-16)13-2-1-3-14(10-13)15-8-9-18-11-15/h1-7,10,15,18H,8-9,11H2. The van der Waals surface area contributed by atoms with Crippen molar-refractivity contribution in [1.82, 2.24) is 5.32 Å². The Morgan fingerprint density at radius 3 is 2.56 bits per heavy atom. The van der Waals surface area contributed by atoms with Gasteiger partial charge in [0.05, 0.1) is 0 Å². The molecule has 1 aliphatic rings. The molecular formula is C16H16FN. The van der Waals surface area contributed by atoms with Crippen LogP contribution < -0.4 is 5.32 Å². The van der Waals surface area contributed by atoms with Crippen LogP contribution in [0.25, 0.3) is 11.1 Å². The molecule has 18 heavy (non-hydrogen) atoms. The fourth-order valence-corrected chi connectivity index (χ4v) is 2.55. The second-order valence-electron chi connectivity index (χ2n) is 4.82. The van der Waals surface area contributed by atoms with Gasteiger partial charge in [-0.05, 0) is 47.7 Å². The van der Waals surface area contributed by atoms with E-state index in [1.54, 1.807) is 0 Å². The first-order valence-corrected chi connectivity index (χ1v) is 6.39. The molecule has 0 bridgehead atoms. The Hall–Kier alpha value is -1.67. The molecule has 1 atom stereocenters. The average molecular weight is 241 g/mol. The molecule has 1 fully saturated rings. The Kier molecular flexibility index (Phi) is 3.11. The fraction of sp³-hybridized carbons (Fsp3) is 0.250. The maximum Gasteiger partial charge on any atom is 0.123 e. The van der Waals surface area contributed by atoms with E-state index < -0.39 is 0 Å². The molecule has 3 rings (SSSR count). The molecule has 0 aromatic heterocycles.